The average Bonchev–Trinajstić information content (AvgIpc) is 3.26. The Labute approximate surface area is 181 Å². The van der Waals surface area contributed by atoms with Crippen LogP contribution >= 0.6 is 11.6 Å². The molecule has 3 N–H and O–H groups in total. The molecule has 30 heavy (non-hydrogen) atoms. The van der Waals surface area contributed by atoms with Gasteiger partial charge in [0.25, 0.3) is 0 Å². The molecular formula is C24H26ClN4O+. The summed E-state index contributed by atoms with van der Waals surface area (Å²) in [5, 5.41) is 9.10. The Hall–Kier alpha value is -2.76. The van der Waals surface area contributed by atoms with Gasteiger partial charge in [-0.05, 0) is 43.7 Å². The van der Waals surface area contributed by atoms with E-state index >= 15 is 0 Å². The molecule has 0 radical (unpaired) electrons. The first-order valence-electron chi connectivity index (χ1n) is 10.4. The van der Waals surface area contributed by atoms with Crippen LogP contribution in [0.2, 0.25) is 5.02 Å². The number of aromatic amines is 1. The normalized spacial score (nSPS) is 16.1. The number of H-pyrrole nitrogens is 1. The standard InChI is InChI=1S/C24H25ClN4O/c1-14-22(25)15(2)29(28-14)13-17-12-16(8-9-21(17)30-3)23-24-19(10-11-26-23)18-6-4-5-7-20(18)27-24/h4-9,12,23,26-27H,10-11,13H2,1-3H3/p+1/t23-/m1/s1. The number of hydrogen-bond acceptors (Lipinski definition) is 2. The zero-order chi connectivity index (χ0) is 20.8. The fourth-order valence-corrected chi connectivity index (χ4v) is 4.81. The molecule has 1 aliphatic rings. The second-order valence-electron chi connectivity index (χ2n) is 8.03. The third-order valence-corrected chi connectivity index (χ3v) is 6.78. The molecule has 2 aromatic carbocycles. The van der Waals surface area contributed by atoms with E-state index in [2.05, 4.69) is 57.9 Å². The average molecular weight is 422 g/mol. The maximum atomic E-state index is 6.36. The lowest BCUT2D eigenvalue weighted by molar-refractivity contribution is -0.690. The summed E-state index contributed by atoms with van der Waals surface area (Å²) in [4.78, 5) is 3.68. The molecular weight excluding hydrogens is 396 g/mol. The van der Waals surface area contributed by atoms with Crippen LogP contribution in [0.5, 0.6) is 5.75 Å². The quantitative estimate of drug-likeness (QED) is 0.525. The van der Waals surface area contributed by atoms with Crippen LogP contribution in [-0.2, 0) is 13.0 Å². The smallest absolute Gasteiger partial charge is 0.153 e. The highest BCUT2D eigenvalue weighted by atomic mass is 35.5. The summed E-state index contributed by atoms with van der Waals surface area (Å²) in [7, 11) is 1.72. The molecule has 5 nitrogen and oxygen atoms in total. The van der Waals surface area contributed by atoms with Crippen LogP contribution < -0.4 is 10.1 Å². The number of aryl methyl sites for hydroxylation is 1. The molecule has 0 spiro atoms. The molecule has 4 aromatic rings. The Bertz CT molecular complexity index is 1240. The van der Waals surface area contributed by atoms with Gasteiger partial charge in [0.15, 0.2) is 6.04 Å². The molecule has 0 amide bonds. The van der Waals surface area contributed by atoms with Crippen molar-refractivity contribution in [3.63, 3.8) is 0 Å². The van der Waals surface area contributed by atoms with Crippen LogP contribution in [-0.4, -0.2) is 28.4 Å². The molecule has 0 bridgehead atoms. The van der Waals surface area contributed by atoms with Crippen molar-refractivity contribution in [2.24, 2.45) is 0 Å². The maximum Gasteiger partial charge on any atom is 0.153 e. The second kappa shape index (κ2) is 7.49. The summed E-state index contributed by atoms with van der Waals surface area (Å²) in [6, 6.07) is 15.3. The summed E-state index contributed by atoms with van der Waals surface area (Å²) in [6.45, 7) is 5.65. The van der Waals surface area contributed by atoms with Crippen LogP contribution in [0.3, 0.4) is 0 Å². The summed E-state index contributed by atoms with van der Waals surface area (Å²) in [5.74, 6) is 0.870. The van der Waals surface area contributed by atoms with E-state index in [0.29, 0.717) is 6.54 Å². The van der Waals surface area contributed by atoms with Gasteiger partial charge in [-0.3, -0.25) is 4.68 Å². The number of methoxy groups -OCH3 is 1. The van der Waals surface area contributed by atoms with Crippen molar-refractivity contribution in [2.45, 2.75) is 32.9 Å². The summed E-state index contributed by atoms with van der Waals surface area (Å²) in [5.41, 5.74) is 8.18. The van der Waals surface area contributed by atoms with Crippen LogP contribution in [0.1, 0.15) is 39.8 Å². The molecule has 2 aromatic heterocycles. The SMILES string of the molecule is COc1ccc([C@H]2[NH2+]CCc3c2[nH]c2ccccc32)cc1Cn1nc(C)c(Cl)c1C. The van der Waals surface area contributed by atoms with Gasteiger partial charge in [-0.15, -0.1) is 0 Å². The molecule has 0 unspecified atom stereocenters. The topological polar surface area (TPSA) is 59.4 Å². The largest absolute Gasteiger partial charge is 0.496 e. The monoisotopic (exact) mass is 421 g/mol. The molecule has 154 valence electrons. The van der Waals surface area contributed by atoms with Crippen LogP contribution in [0, 0.1) is 13.8 Å². The van der Waals surface area contributed by atoms with E-state index in [9.17, 15) is 0 Å². The first-order valence-corrected chi connectivity index (χ1v) is 10.7. The minimum Gasteiger partial charge on any atom is -0.496 e. The zero-order valence-electron chi connectivity index (χ0n) is 17.5. The molecule has 1 atom stereocenters. The van der Waals surface area contributed by atoms with Gasteiger partial charge < -0.3 is 15.0 Å². The van der Waals surface area contributed by atoms with Crippen molar-refractivity contribution in [3.05, 3.63) is 81.3 Å². The van der Waals surface area contributed by atoms with Crippen LogP contribution in [0.25, 0.3) is 10.9 Å². The van der Waals surface area contributed by atoms with Crippen LogP contribution in [0.4, 0.5) is 0 Å². The van der Waals surface area contributed by atoms with Crippen LogP contribution in [0.15, 0.2) is 42.5 Å². The molecule has 0 saturated heterocycles. The fraction of sp³-hybridized carbons (Fsp3) is 0.292. The number of nitrogens with zero attached hydrogens (tertiary/aromatic N) is 2. The molecule has 1 aliphatic heterocycles. The lowest BCUT2D eigenvalue weighted by atomic mass is 9.93. The van der Waals surface area contributed by atoms with Crippen molar-refractivity contribution in [1.29, 1.82) is 0 Å². The summed E-state index contributed by atoms with van der Waals surface area (Å²) < 4.78 is 7.62. The number of nitrogens with one attached hydrogen (secondary N) is 1. The van der Waals surface area contributed by atoms with Gasteiger partial charge >= 0.3 is 0 Å². The Morgan fingerprint density at radius 3 is 2.83 bits per heavy atom. The Balaban J connectivity index is 1.56. The van der Waals surface area contributed by atoms with Gasteiger partial charge in [0.05, 0.1) is 42.3 Å². The second-order valence-corrected chi connectivity index (χ2v) is 8.41. The van der Waals surface area contributed by atoms with E-state index in [4.69, 9.17) is 16.3 Å². The van der Waals surface area contributed by atoms with E-state index < -0.39 is 0 Å². The van der Waals surface area contributed by atoms with E-state index in [1.54, 1.807) is 7.11 Å². The number of rotatable bonds is 4. The number of para-hydroxylation sites is 1. The number of fused-ring (bicyclic) bond motifs is 3. The van der Waals surface area contributed by atoms with Gasteiger partial charge in [-0.2, -0.15) is 5.10 Å². The first-order chi connectivity index (χ1) is 14.6. The van der Waals surface area contributed by atoms with Crippen molar-refractivity contribution < 1.29 is 10.1 Å². The highest BCUT2D eigenvalue weighted by Gasteiger charge is 2.29. The van der Waals surface area contributed by atoms with Crippen molar-refractivity contribution >= 4 is 22.5 Å². The predicted octanol–water partition coefficient (Wildman–Crippen LogP) is 3.90. The fourth-order valence-electron chi connectivity index (χ4n) is 4.68. The maximum absolute atomic E-state index is 6.36. The molecule has 6 heteroatoms. The van der Waals surface area contributed by atoms with Gasteiger partial charge in [0.2, 0.25) is 0 Å². The Morgan fingerprint density at radius 1 is 1.23 bits per heavy atom. The molecule has 0 fully saturated rings. The highest BCUT2D eigenvalue weighted by Crippen LogP contribution is 2.33. The third kappa shape index (κ3) is 3.09. The Morgan fingerprint density at radius 2 is 2.07 bits per heavy atom. The lowest BCUT2D eigenvalue weighted by Crippen LogP contribution is -2.87. The molecule has 0 aliphatic carbocycles. The molecule has 3 heterocycles. The van der Waals surface area contributed by atoms with Gasteiger partial charge in [0, 0.05) is 28.5 Å². The summed E-state index contributed by atoms with van der Waals surface area (Å²) >= 11 is 6.36. The number of quaternary nitrogens is 1. The number of halogens is 1. The number of benzene rings is 2. The van der Waals surface area contributed by atoms with Gasteiger partial charge in [-0.25, -0.2) is 0 Å². The number of hydrogen-bond donors (Lipinski definition) is 2. The minimum atomic E-state index is 0.245. The minimum absolute atomic E-state index is 0.245. The van der Waals surface area contributed by atoms with E-state index in [1.807, 2.05) is 18.5 Å². The highest BCUT2D eigenvalue weighted by molar-refractivity contribution is 6.31. The number of aromatic nitrogens is 3. The predicted molar refractivity (Wildman–Crippen MR) is 119 cm³/mol. The van der Waals surface area contributed by atoms with Crippen molar-refractivity contribution in [1.82, 2.24) is 14.8 Å². The number of nitrogens with two attached hydrogens (primary N) is 1. The zero-order valence-corrected chi connectivity index (χ0v) is 18.3. The number of ether oxygens (including phenoxy) is 1. The lowest BCUT2D eigenvalue weighted by Gasteiger charge is -2.22. The first kappa shape index (κ1) is 19.2. The van der Waals surface area contributed by atoms with Gasteiger partial charge in [0.1, 0.15) is 5.75 Å². The molecule has 5 rings (SSSR count). The van der Waals surface area contributed by atoms with Crippen molar-refractivity contribution in [2.75, 3.05) is 13.7 Å². The van der Waals surface area contributed by atoms with E-state index in [1.165, 1.54) is 27.7 Å². The van der Waals surface area contributed by atoms with Gasteiger partial charge in [-0.1, -0.05) is 29.8 Å². The van der Waals surface area contributed by atoms with E-state index in [-0.39, 0.29) is 6.04 Å². The summed E-state index contributed by atoms with van der Waals surface area (Å²) in [6.07, 6.45) is 1.09. The van der Waals surface area contributed by atoms with Crippen molar-refractivity contribution in [3.8, 4) is 5.75 Å². The third-order valence-electron chi connectivity index (χ3n) is 6.23. The Kier molecular flexibility index (Phi) is 4.80. The molecule has 0 saturated carbocycles. The van der Waals surface area contributed by atoms with E-state index in [0.717, 1.165) is 40.7 Å².